The first kappa shape index (κ1) is 9.80. The van der Waals surface area contributed by atoms with E-state index in [1.165, 1.54) is 0 Å². The monoisotopic (exact) mass is 203 g/mol. The Kier molecular flexibility index (Phi) is 2.74. The standard InChI is InChI=1S/C12H13NO2/c1-14-10-4-2-3-9(7-10)11-5-6-15-12(11)8-13/h2-7H,8,13H2,1H3. The molecule has 0 aliphatic rings. The Balaban J connectivity index is 2.44. The summed E-state index contributed by atoms with van der Waals surface area (Å²) in [4.78, 5) is 0. The second kappa shape index (κ2) is 4.19. The summed E-state index contributed by atoms with van der Waals surface area (Å²) < 4.78 is 10.4. The predicted octanol–water partition coefficient (Wildman–Crippen LogP) is 2.41. The third kappa shape index (κ3) is 1.87. The van der Waals surface area contributed by atoms with Crippen molar-refractivity contribution in [3.05, 3.63) is 42.4 Å². The molecule has 0 amide bonds. The average molecular weight is 203 g/mol. The van der Waals surface area contributed by atoms with Gasteiger partial charge in [-0.05, 0) is 23.8 Å². The van der Waals surface area contributed by atoms with Gasteiger partial charge in [-0.2, -0.15) is 0 Å². The van der Waals surface area contributed by atoms with Gasteiger partial charge in [0, 0.05) is 5.56 Å². The van der Waals surface area contributed by atoms with E-state index in [4.69, 9.17) is 14.9 Å². The summed E-state index contributed by atoms with van der Waals surface area (Å²) in [6.45, 7) is 0.402. The minimum absolute atomic E-state index is 0.402. The molecule has 0 radical (unpaired) electrons. The number of furan rings is 1. The number of ether oxygens (including phenoxy) is 1. The maximum Gasteiger partial charge on any atom is 0.125 e. The molecule has 78 valence electrons. The van der Waals surface area contributed by atoms with Crippen molar-refractivity contribution < 1.29 is 9.15 Å². The molecule has 0 unspecified atom stereocenters. The summed E-state index contributed by atoms with van der Waals surface area (Å²) in [5.41, 5.74) is 7.66. The summed E-state index contributed by atoms with van der Waals surface area (Å²) in [7, 11) is 1.65. The zero-order chi connectivity index (χ0) is 10.7. The van der Waals surface area contributed by atoms with E-state index in [9.17, 15) is 0 Å². The number of hydrogen-bond acceptors (Lipinski definition) is 3. The molecule has 0 saturated carbocycles. The number of rotatable bonds is 3. The van der Waals surface area contributed by atoms with Crippen LogP contribution >= 0.6 is 0 Å². The number of methoxy groups -OCH3 is 1. The second-order valence-electron chi connectivity index (χ2n) is 3.19. The van der Waals surface area contributed by atoms with Crippen LogP contribution in [0, 0.1) is 0 Å². The molecule has 0 atom stereocenters. The number of benzene rings is 1. The van der Waals surface area contributed by atoms with Gasteiger partial charge in [0.2, 0.25) is 0 Å². The molecule has 3 nitrogen and oxygen atoms in total. The minimum atomic E-state index is 0.402. The van der Waals surface area contributed by atoms with Crippen LogP contribution in [0.15, 0.2) is 41.0 Å². The highest BCUT2D eigenvalue weighted by molar-refractivity contribution is 5.66. The van der Waals surface area contributed by atoms with E-state index >= 15 is 0 Å². The molecule has 3 heteroatoms. The van der Waals surface area contributed by atoms with Crippen molar-refractivity contribution in [2.45, 2.75) is 6.54 Å². The van der Waals surface area contributed by atoms with E-state index in [1.54, 1.807) is 13.4 Å². The first-order valence-corrected chi connectivity index (χ1v) is 4.76. The highest BCUT2D eigenvalue weighted by Crippen LogP contribution is 2.27. The van der Waals surface area contributed by atoms with Gasteiger partial charge in [0.25, 0.3) is 0 Å². The fraction of sp³-hybridized carbons (Fsp3) is 0.167. The molecular weight excluding hydrogens is 190 g/mol. The van der Waals surface area contributed by atoms with E-state index < -0.39 is 0 Å². The van der Waals surface area contributed by atoms with Crippen molar-refractivity contribution in [1.82, 2.24) is 0 Å². The van der Waals surface area contributed by atoms with Gasteiger partial charge in [-0.3, -0.25) is 0 Å². The third-order valence-corrected chi connectivity index (χ3v) is 2.31. The molecule has 0 aliphatic carbocycles. The van der Waals surface area contributed by atoms with E-state index in [-0.39, 0.29) is 0 Å². The maximum atomic E-state index is 5.58. The van der Waals surface area contributed by atoms with Gasteiger partial charge in [0.1, 0.15) is 11.5 Å². The van der Waals surface area contributed by atoms with Crippen molar-refractivity contribution in [2.75, 3.05) is 7.11 Å². The summed E-state index contributed by atoms with van der Waals surface area (Å²) in [6, 6.07) is 9.74. The molecule has 1 aromatic heterocycles. The molecule has 0 aliphatic heterocycles. The molecule has 2 aromatic rings. The molecule has 0 saturated heterocycles. The lowest BCUT2D eigenvalue weighted by Crippen LogP contribution is -1.95. The lowest BCUT2D eigenvalue weighted by molar-refractivity contribution is 0.415. The van der Waals surface area contributed by atoms with Crippen molar-refractivity contribution in [3.63, 3.8) is 0 Å². The first-order valence-electron chi connectivity index (χ1n) is 4.76. The van der Waals surface area contributed by atoms with E-state index in [0.29, 0.717) is 6.54 Å². The Morgan fingerprint density at radius 2 is 2.20 bits per heavy atom. The predicted molar refractivity (Wildman–Crippen MR) is 58.6 cm³/mol. The van der Waals surface area contributed by atoms with Crippen molar-refractivity contribution in [1.29, 1.82) is 0 Å². The molecule has 0 bridgehead atoms. The van der Waals surface area contributed by atoms with Gasteiger partial charge in [-0.1, -0.05) is 12.1 Å². The van der Waals surface area contributed by atoms with Crippen molar-refractivity contribution in [2.24, 2.45) is 5.73 Å². The Labute approximate surface area is 88.5 Å². The van der Waals surface area contributed by atoms with Crippen LogP contribution < -0.4 is 10.5 Å². The van der Waals surface area contributed by atoms with Crippen molar-refractivity contribution >= 4 is 0 Å². The van der Waals surface area contributed by atoms with Crippen LogP contribution in [0.1, 0.15) is 5.76 Å². The Hall–Kier alpha value is -1.74. The van der Waals surface area contributed by atoms with E-state index in [1.807, 2.05) is 30.3 Å². The molecule has 0 spiro atoms. The van der Waals surface area contributed by atoms with Crippen LogP contribution in [0.5, 0.6) is 5.75 Å². The number of nitrogens with two attached hydrogens (primary N) is 1. The summed E-state index contributed by atoms with van der Waals surface area (Å²) >= 11 is 0. The molecule has 0 fully saturated rings. The van der Waals surface area contributed by atoms with Crippen LogP contribution in [-0.4, -0.2) is 7.11 Å². The van der Waals surface area contributed by atoms with Gasteiger partial charge in [-0.25, -0.2) is 0 Å². The SMILES string of the molecule is COc1cccc(-c2ccoc2CN)c1. The average Bonchev–Trinajstić information content (AvgIpc) is 2.77. The Bertz CT molecular complexity index is 448. The Morgan fingerprint density at radius 3 is 2.93 bits per heavy atom. The summed E-state index contributed by atoms with van der Waals surface area (Å²) in [5, 5.41) is 0. The molecule has 2 N–H and O–H groups in total. The Morgan fingerprint density at radius 1 is 1.33 bits per heavy atom. The van der Waals surface area contributed by atoms with Crippen LogP contribution in [0.2, 0.25) is 0 Å². The van der Waals surface area contributed by atoms with Crippen LogP contribution in [-0.2, 0) is 6.54 Å². The van der Waals surface area contributed by atoms with Crippen LogP contribution in [0.25, 0.3) is 11.1 Å². The first-order chi connectivity index (χ1) is 7.35. The maximum absolute atomic E-state index is 5.58. The lowest BCUT2D eigenvalue weighted by atomic mass is 10.1. The lowest BCUT2D eigenvalue weighted by Gasteiger charge is -2.03. The van der Waals surface area contributed by atoms with Crippen LogP contribution in [0.4, 0.5) is 0 Å². The van der Waals surface area contributed by atoms with Gasteiger partial charge < -0.3 is 14.9 Å². The zero-order valence-electron chi connectivity index (χ0n) is 8.57. The highest BCUT2D eigenvalue weighted by atomic mass is 16.5. The quantitative estimate of drug-likeness (QED) is 0.833. The minimum Gasteiger partial charge on any atom is -0.497 e. The molecule has 2 rings (SSSR count). The smallest absolute Gasteiger partial charge is 0.125 e. The van der Waals surface area contributed by atoms with Crippen LogP contribution in [0.3, 0.4) is 0 Å². The topological polar surface area (TPSA) is 48.4 Å². The molecule has 1 aromatic carbocycles. The third-order valence-electron chi connectivity index (χ3n) is 2.31. The molecule has 15 heavy (non-hydrogen) atoms. The summed E-state index contributed by atoms with van der Waals surface area (Å²) in [5.74, 6) is 1.62. The van der Waals surface area contributed by atoms with Gasteiger partial charge >= 0.3 is 0 Å². The van der Waals surface area contributed by atoms with E-state index in [0.717, 1.165) is 22.6 Å². The zero-order valence-corrected chi connectivity index (χ0v) is 8.57. The van der Waals surface area contributed by atoms with Crippen molar-refractivity contribution in [3.8, 4) is 16.9 Å². The second-order valence-corrected chi connectivity index (χ2v) is 3.19. The molecular formula is C12H13NO2. The normalized spacial score (nSPS) is 10.3. The van der Waals surface area contributed by atoms with Gasteiger partial charge in [0.15, 0.2) is 0 Å². The van der Waals surface area contributed by atoms with E-state index in [2.05, 4.69) is 0 Å². The van der Waals surface area contributed by atoms with Gasteiger partial charge in [0.05, 0.1) is 19.9 Å². The summed E-state index contributed by atoms with van der Waals surface area (Å²) in [6.07, 6.45) is 1.65. The molecule has 1 heterocycles. The van der Waals surface area contributed by atoms with Gasteiger partial charge in [-0.15, -0.1) is 0 Å². The number of hydrogen-bond donors (Lipinski definition) is 1. The highest BCUT2D eigenvalue weighted by Gasteiger charge is 2.07. The fourth-order valence-electron chi connectivity index (χ4n) is 1.55. The largest absolute Gasteiger partial charge is 0.497 e. The fourth-order valence-corrected chi connectivity index (χ4v) is 1.55.